The molecule has 1 aliphatic carbocycles. The Bertz CT molecular complexity index is 2280. The van der Waals surface area contributed by atoms with Gasteiger partial charge in [-0.15, -0.1) is 0 Å². The maximum atomic E-state index is 5.22. The Morgan fingerprint density at radius 2 is 1.29 bits per heavy atom. The van der Waals surface area contributed by atoms with Gasteiger partial charge in [0.2, 0.25) is 0 Å². The minimum absolute atomic E-state index is 0.0420. The van der Waals surface area contributed by atoms with Crippen molar-refractivity contribution in [3.8, 4) is 39.3 Å². The van der Waals surface area contributed by atoms with Crippen LogP contribution in [0.25, 0.3) is 65.7 Å². The van der Waals surface area contributed by atoms with Crippen LogP contribution in [-0.2, 0) is 5.41 Å². The molecule has 9 rings (SSSR count). The summed E-state index contributed by atoms with van der Waals surface area (Å²) < 4.78 is 5.84. The molecule has 0 amide bonds. The molecule has 200 valence electrons. The average molecular weight is 605 g/mol. The Hall–Kier alpha value is -4.63. The number of rotatable bonds is 3. The van der Waals surface area contributed by atoms with Gasteiger partial charge >= 0.3 is 251 Å². The first-order chi connectivity index (χ1) is 20.6. The van der Waals surface area contributed by atoms with E-state index >= 15 is 0 Å². The summed E-state index contributed by atoms with van der Waals surface area (Å²) in [6, 6.07) is 42.2. The summed E-state index contributed by atoms with van der Waals surface area (Å²) >= 11 is 0.238. The van der Waals surface area contributed by atoms with Crippen molar-refractivity contribution in [2.45, 2.75) is 19.3 Å². The van der Waals surface area contributed by atoms with E-state index in [1.165, 1.54) is 55.3 Å². The molecule has 0 spiro atoms. The Morgan fingerprint density at radius 3 is 2.05 bits per heavy atom. The molecule has 1 aliphatic rings. The van der Waals surface area contributed by atoms with E-state index in [9.17, 15) is 0 Å². The molecule has 4 heteroatoms. The van der Waals surface area contributed by atoms with E-state index in [1.54, 1.807) is 0 Å². The minimum atomic E-state index is -0.0420. The van der Waals surface area contributed by atoms with E-state index in [-0.39, 0.29) is 19.9 Å². The van der Waals surface area contributed by atoms with Gasteiger partial charge in [0.1, 0.15) is 0 Å². The van der Waals surface area contributed by atoms with Crippen molar-refractivity contribution in [2.75, 3.05) is 0 Å². The first-order valence-corrected chi connectivity index (χ1v) is 16.2. The number of nitrogens with zero attached hydrogens (tertiary/aromatic N) is 3. The molecule has 0 saturated heterocycles. The second-order valence-corrected chi connectivity index (χ2v) is 13.5. The second-order valence-electron chi connectivity index (χ2n) is 11.7. The van der Waals surface area contributed by atoms with Crippen LogP contribution in [-0.4, -0.2) is 28.5 Å². The molecule has 0 atom stereocenters. The van der Waals surface area contributed by atoms with E-state index in [4.69, 9.17) is 4.98 Å². The normalized spacial score (nSPS) is 13.7. The maximum absolute atomic E-state index is 5.22. The Labute approximate surface area is 250 Å². The van der Waals surface area contributed by atoms with Crippen LogP contribution in [0.4, 0.5) is 0 Å². The fraction of sp³-hybridized carbons (Fsp3) is 0.0789. The predicted octanol–water partition coefficient (Wildman–Crippen LogP) is 9.13. The molecular formula is C38H27N3Se. The fourth-order valence-electron chi connectivity index (χ4n) is 7.08. The molecule has 3 aromatic heterocycles. The zero-order valence-electron chi connectivity index (χ0n) is 23.4. The van der Waals surface area contributed by atoms with Gasteiger partial charge in [0.05, 0.1) is 0 Å². The van der Waals surface area contributed by atoms with Gasteiger partial charge in [0, 0.05) is 0 Å². The van der Waals surface area contributed by atoms with Gasteiger partial charge in [-0.25, -0.2) is 0 Å². The summed E-state index contributed by atoms with van der Waals surface area (Å²) in [5, 5.41) is 2.56. The summed E-state index contributed by atoms with van der Waals surface area (Å²) in [5.74, 6) is 0. The van der Waals surface area contributed by atoms with Crippen LogP contribution in [0.2, 0.25) is 0 Å². The van der Waals surface area contributed by atoms with Gasteiger partial charge in [-0.3, -0.25) is 0 Å². The number of imidazole rings is 1. The van der Waals surface area contributed by atoms with E-state index in [2.05, 4.69) is 149 Å². The first-order valence-electron chi connectivity index (χ1n) is 14.4. The van der Waals surface area contributed by atoms with Crippen LogP contribution < -0.4 is 0 Å². The van der Waals surface area contributed by atoms with Crippen LogP contribution >= 0.6 is 0 Å². The van der Waals surface area contributed by atoms with Crippen molar-refractivity contribution in [1.29, 1.82) is 0 Å². The van der Waals surface area contributed by atoms with Gasteiger partial charge < -0.3 is 0 Å². The number of para-hydroxylation sites is 2. The zero-order chi connectivity index (χ0) is 28.0. The van der Waals surface area contributed by atoms with Crippen molar-refractivity contribution in [3.63, 3.8) is 0 Å². The van der Waals surface area contributed by atoms with Gasteiger partial charge in [-0.05, 0) is 0 Å². The first kappa shape index (κ1) is 24.0. The molecule has 42 heavy (non-hydrogen) atoms. The number of hydrogen-bond donors (Lipinski definition) is 0. The monoisotopic (exact) mass is 605 g/mol. The van der Waals surface area contributed by atoms with Crippen LogP contribution in [0, 0.1) is 0 Å². The molecule has 0 aliphatic heterocycles. The van der Waals surface area contributed by atoms with Gasteiger partial charge in [-0.1, -0.05) is 0 Å². The molecule has 8 aromatic rings. The molecule has 0 bridgehead atoms. The van der Waals surface area contributed by atoms with Crippen molar-refractivity contribution in [1.82, 2.24) is 14.0 Å². The van der Waals surface area contributed by atoms with Crippen molar-refractivity contribution in [3.05, 3.63) is 138 Å². The molecule has 3 heterocycles. The second kappa shape index (κ2) is 8.69. The van der Waals surface area contributed by atoms with Crippen LogP contribution in [0.15, 0.2) is 126 Å². The molecule has 0 radical (unpaired) electrons. The van der Waals surface area contributed by atoms with Gasteiger partial charge in [-0.2, -0.15) is 0 Å². The predicted molar refractivity (Wildman–Crippen MR) is 175 cm³/mol. The van der Waals surface area contributed by atoms with Crippen LogP contribution in [0.3, 0.4) is 0 Å². The van der Waals surface area contributed by atoms with E-state index < -0.39 is 0 Å². The van der Waals surface area contributed by atoms with Gasteiger partial charge in [0.25, 0.3) is 0 Å². The van der Waals surface area contributed by atoms with Gasteiger partial charge in [0.15, 0.2) is 0 Å². The summed E-state index contributed by atoms with van der Waals surface area (Å²) in [5.41, 5.74) is 13.6. The molecular weight excluding hydrogens is 577 g/mol. The number of aromatic nitrogens is 3. The molecule has 0 saturated carbocycles. The third kappa shape index (κ3) is 3.25. The Morgan fingerprint density at radius 1 is 0.643 bits per heavy atom. The molecule has 0 unspecified atom stereocenters. The van der Waals surface area contributed by atoms with Crippen LogP contribution in [0.5, 0.6) is 0 Å². The summed E-state index contributed by atoms with van der Waals surface area (Å²) in [6.45, 7) is 4.69. The molecule has 5 aromatic carbocycles. The van der Waals surface area contributed by atoms with E-state index in [0.717, 1.165) is 21.5 Å². The Kier molecular flexibility index (Phi) is 4.97. The van der Waals surface area contributed by atoms with E-state index in [1.807, 2.05) is 0 Å². The number of benzene rings is 5. The topological polar surface area (TPSA) is 22.2 Å². The van der Waals surface area contributed by atoms with E-state index in [0.29, 0.717) is 0 Å². The zero-order valence-corrected chi connectivity index (χ0v) is 25.1. The van der Waals surface area contributed by atoms with Crippen molar-refractivity contribution >= 4 is 40.8 Å². The SMILES string of the molecule is CC1(C)c2ccccc2-c2ccc(-c3c(-c4ccc(-n5c6ccccc6c6ccccc65)cc4)nc4[se]ccn34)cc21. The standard InChI is InChI=1S/C38H27N3Se/c1-38(2)31-12-6-3-9-27(31)28-20-17-25(23-32(28)38)36-35(39-37-40(36)21-22-42-37)24-15-18-26(19-16-24)41-33-13-7-4-10-29(33)30-11-5-8-14-34(30)41/h3-23H,1-2H3. The number of hydrogen-bond acceptors (Lipinski definition) is 1. The van der Waals surface area contributed by atoms with Crippen molar-refractivity contribution in [2.24, 2.45) is 0 Å². The third-order valence-corrected chi connectivity index (χ3v) is 10.7. The molecule has 0 N–H and O–H groups in total. The fourth-order valence-corrected chi connectivity index (χ4v) is 8.58. The van der Waals surface area contributed by atoms with Crippen molar-refractivity contribution < 1.29 is 0 Å². The average Bonchev–Trinajstić information content (AvgIpc) is 3.77. The summed E-state index contributed by atoms with van der Waals surface area (Å²) in [7, 11) is 0. The molecule has 0 fully saturated rings. The summed E-state index contributed by atoms with van der Waals surface area (Å²) in [4.78, 5) is 7.49. The third-order valence-electron chi connectivity index (χ3n) is 9.10. The quantitative estimate of drug-likeness (QED) is 0.185. The number of fused-ring (bicyclic) bond motifs is 7. The Balaban J connectivity index is 1.20. The summed E-state index contributed by atoms with van der Waals surface area (Å²) in [6.07, 6.45) is 2.21. The molecule has 3 nitrogen and oxygen atoms in total. The van der Waals surface area contributed by atoms with Crippen LogP contribution in [0.1, 0.15) is 25.0 Å².